The molecule has 2 heterocycles. The van der Waals surface area contributed by atoms with Gasteiger partial charge in [0.15, 0.2) is 12.8 Å². The maximum absolute atomic E-state index is 12.0. The molecule has 1 aliphatic rings. The Balaban J connectivity index is 1.92. The van der Waals surface area contributed by atoms with Gasteiger partial charge in [0.05, 0.1) is 25.9 Å². The third-order valence-corrected chi connectivity index (χ3v) is 5.10. The summed E-state index contributed by atoms with van der Waals surface area (Å²) in [7, 11) is -1.87. The molecule has 0 bridgehead atoms. The molecule has 1 aliphatic heterocycles. The number of anilines is 1. The molecule has 14 heteroatoms. The molecular formula is C17H27N4O9P. The fraction of sp³-hybridized carbons (Fsp3) is 0.647. The summed E-state index contributed by atoms with van der Waals surface area (Å²) in [6.45, 7) is 3.16. The van der Waals surface area contributed by atoms with Gasteiger partial charge in [0.1, 0.15) is 18.5 Å². The first-order valence-corrected chi connectivity index (χ1v) is 10.8. The third-order valence-electron chi connectivity index (χ3n) is 3.93. The first-order chi connectivity index (χ1) is 14.8. The number of nitrogens with one attached hydrogen (secondary N) is 1. The number of nitrogen functional groups attached to an aromatic ring is 1. The molecule has 1 aromatic rings. The van der Waals surface area contributed by atoms with Gasteiger partial charge in [-0.2, -0.15) is 4.98 Å². The Morgan fingerprint density at radius 2 is 2.03 bits per heavy atom. The number of rotatable bonds is 12. The average Bonchev–Trinajstić information content (AvgIpc) is 3.08. The number of nitrogens with zero attached hydrogens (tertiary/aromatic N) is 2. The highest BCUT2D eigenvalue weighted by molar-refractivity contribution is 7.45. The van der Waals surface area contributed by atoms with E-state index in [0.29, 0.717) is 0 Å². The maximum Gasteiger partial charge on any atom is 0.351 e. The quantitative estimate of drug-likeness (QED) is 0.267. The Kier molecular flexibility index (Phi) is 10.2. The van der Waals surface area contributed by atoms with Crippen LogP contribution in [0.3, 0.4) is 0 Å². The zero-order valence-corrected chi connectivity index (χ0v) is 18.2. The zero-order valence-electron chi connectivity index (χ0n) is 17.3. The summed E-state index contributed by atoms with van der Waals surface area (Å²) < 4.78 is 27.5. The minimum absolute atomic E-state index is 0.0327. The molecule has 4 N–H and O–H groups in total. The second kappa shape index (κ2) is 12.6. The van der Waals surface area contributed by atoms with Crippen molar-refractivity contribution >= 4 is 26.3 Å². The van der Waals surface area contributed by atoms with Gasteiger partial charge >= 0.3 is 17.6 Å². The van der Waals surface area contributed by atoms with Crippen molar-refractivity contribution in [3.8, 4) is 0 Å². The number of nitrogens with two attached hydrogens (primary N) is 1. The van der Waals surface area contributed by atoms with Crippen LogP contribution in [-0.2, 0) is 32.8 Å². The molecule has 1 saturated heterocycles. The van der Waals surface area contributed by atoms with Crippen molar-refractivity contribution in [2.75, 3.05) is 38.7 Å². The summed E-state index contributed by atoms with van der Waals surface area (Å²) in [5.41, 5.74) is 4.82. The van der Waals surface area contributed by atoms with Crippen LogP contribution >= 0.6 is 8.53 Å². The number of carbonyl (C=O) groups excluding carboxylic acids is 2. The number of hydrogen-bond donors (Lipinski definition) is 3. The van der Waals surface area contributed by atoms with Crippen LogP contribution in [0.2, 0.25) is 0 Å². The highest BCUT2D eigenvalue weighted by Gasteiger charge is 2.36. The van der Waals surface area contributed by atoms with Crippen LogP contribution in [-0.4, -0.2) is 71.8 Å². The summed E-state index contributed by atoms with van der Waals surface area (Å²) in [4.78, 5) is 38.7. The lowest BCUT2D eigenvalue weighted by molar-refractivity contribution is -0.145. The summed E-state index contributed by atoms with van der Waals surface area (Å²) in [6, 6.07) is 1.42. The number of aromatic nitrogens is 2. The fourth-order valence-corrected chi connectivity index (χ4v) is 3.68. The van der Waals surface area contributed by atoms with Crippen molar-refractivity contribution in [1.82, 2.24) is 14.6 Å². The van der Waals surface area contributed by atoms with Crippen LogP contribution in [0.4, 0.5) is 5.82 Å². The van der Waals surface area contributed by atoms with E-state index in [1.54, 1.807) is 13.8 Å². The average molecular weight is 462 g/mol. The summed E-state index contributed by atoms with van der Waals surface area (Å²) in [5, 5.41) is 13.0. The minimum Gasteiger partial charge on any atom is -0.465 e. The van der Waals surface area contributed by atoms with E-state index in [0.717, 1.165) is 4.57 Å². The Bertz CT molecular complexity index is 771. The second-order valence-corrected chi connectivity index (χ2v) is 7.61. The van der Waals surface area contributed by atoms with E-state index in [9.17, 15) is 19.5 Å². The predicted octanol–water partition coefficient (Wildman–Crippen LogP) is -0.550. The molecule has 0 amide bonds. The predicted molar refractivity (Wildman–Crippen MR) is 108 cm³/mol. The normalized spacial score (nSPS) is 21.6. The number of aliphatic hydroxyl groups is 1. The Labute approximate surface area is 179 Å². The third kappa shape index (κ3) is 8.13. The lowest BCUT2D eigenvalue weighted by Crippen LogP contribution is -2.31. The molecule has 174 valence electrons. The molecule has 0 spiro atoms. The van der Waals surface area contributed by atoms with Gasteiger partial charge in [0, 0.05) is 12.6 Å². The van der Waals surface area contributed by atoms with Crippen molar-refractivity contribution < 1.29 is 38.0 Å². The van der Waals surface area contributed by atoms with Gasteiger partial charge in [-0.1, -0.05) is 0 Å². The van der Waals surface area contributed by atoms with E-state index in [1.807, 2.05) is 0 Å². The molecule has 0 saturated carbocycles. The second-order valence-electron chi connectivity index (χ2n) is 6.27. The molecule has 4 unspecified atom stereocenters. The van der Waals surface area contributed by atoms with Crippen LogP contribution in [0.5, 0.6) is 0 Å². The monoisotopic (exact) mass is 462 g/mol. The van der Waals surface area contributed by atoms with Gasteiger partial charge in [-0.15, -0.1) is 0 Å². The van der Waals surface area contributed by atoms with Crippen LogP contribution in [0.1, 0.15) is 26.5 Å². The van der Waals surface area contributed by atoms with Gasteiger partial charge in [-0.3, -0.25) is 9.36 Å². The molecule has 4 atom stereocenters. The smallest absolute Gasteiger partial charge is 0.351 e. The van der Waals surface area contributed by atoms with E-state index in [-0.39, 0.29) is 45.2 Å². The number of aliphatic hydroxyl groups excluding tert-OH is 1. The van der Waals surface area contributed by atoms with Crippen molar-refractivity contribution in [1.29, 1.82) is 0 Å². The Hall–Kier alpha value is -2.15. The van der Waals surface area contributed by atoms with E-state index >= 15 is 0 Å². The van der Waals surface area contributed by atoms with Crippen molar-refractivity contribution in [3.05, 3.63) is 22.7 Å². The first kappa shape index (κ1) is 25.1. The highest BCUT2D eigenvalue weighted by atomic mass is 31.2. The van der Waals surface area contributed by atoms with E-state index in [4.69, 9.17) is 29.0 Å². The lowest BCUT2D eigenvalue weighted by Gasteiger charge is -2.20. The Morgan fingerprint density at radius 1 is 1.32 bits per heavy atom. The van der Waals surface area contributed by atoms with E-state index in [2.05, 4.69) is 10.1 Å². The van der Waals surface area contributed by atoms with Crippen molar-refractivity contribution in [2.45, 2.75) is 38.7 Å². The minimum atomic E-state index is -1.87. The molecule has 0 aliphatic carbocycles. The van der Waals surface area contributed by atoms with Gasteiger partial charge in [0.25, 0.3) is 8.53 Å². The SMILES string of the molecule is CCOC(=O)CNP(OCC(=O)OCC)OCC1CC(O)C(n2ccc(N)nc2=O)O1. The van der Waals surface area contributed by atoms with Gasteiger partial charge in [-0.25, -0.2) is 14.7 Å². The highest BCUT2D eigenvalue weighted by Crippen LogP contribution is 2.36. The van der Waals surface area contributed by atoms with Crippen LogP contribution < -0.4 is 16.5 Å². The first-order valence-electron chi connectivity index (χ1n) is 9.62. The van der Waals surface area contributed by atoms with Crippen molar-refractivity contribution in [3.63, 3.8) is 0 Å². The van der Waals surface area contributed by atoms with E-state index in [1.165, 1.54) is 12.3 Å². The number of hydrogen-bond acceptors (Lipinski definition) is 12. The molecule has 13 nitrogen and oxygen atoms in total. The largest absolute Gasteiger partial charge is 0.465 e. The van der Waals surface area contributed by atoms with Crippen LogP contribution in [0.15, 0.2) is 17.1 Å². The standard InChI is InChI=1S/C17H27N4O9P/c1-3-26-14(23)8-19-31(29-10-15(24)27-4-2)28-9-11-7-12(22)16(30-11)21-6-5-13(18)20-17(21)25/h5-6,11-12,16,19,22H,3-4,7-10H2,1-2H3,(H2,18,20,25). The summed E-state index contributed by atoms with van der Waals surface area (Å²) in [5.74, 6) is -1.04. The van der Waals surface area contributed by atoms with Crippen LogP contribution in [0, 0.1) is 0 Å². The fourth-order valence-electron chi connectivity index (χ4n) is 2.64. The number of esters is 2. The topological polar surface area (TPSA) is 173 Å². The lowest BCUT2D eigenvalue weighted by atomic mass is 10.2. The Morgan fingerprint density at radius 3 is 2.71 bits per heavy atom. The summed E-state index contributed by atoms with van der Waals surface area (Å²) in [6.07, 6.45) is -0.937. The number of ether oxygens (including phenoxy) is 3. The molecule has 31 heavy (non-hydrogen) atoms. The van der Waals surface area contributed by atoms with Gasteiger partial charge in [0.2, 0.25) is 0 Å². The van der Waals surface area contributed by atoms with E-state index < -0.39 is 44.6 Å². The van der Waals surface area contributed by atoms with Crippen molar-refractivity contribution in [2.24, 2.45) is 0 Å². The molecule has 1 aromatic heterocycles. The molecule has 0 radical (unpaired) electrons. The molecule has 0 aromatic carbocycles. The van der Waals surface area contributed by atoms with Gasteiger partial charge in [-0.05, 0) is 19.9 Å². The van der Waals surface area contributed by atoms with Gasteiger partial charge < -0.3 is 34.1 Å². The van der Waals surface area contributed by atoms with Crippen LogP contribution in [0.25, 0.3) is 0 Å². The number of carbonyl (C=O) groups is 2. The molecular weight excluding hydrogens is 435 g/mol. The zero-order chi connectivity index (χ0) is 22.8. The molecule has 1 fully saturated rings. The maximum atomic E-state index is 12.0. The molecule has 2 rings (SSSR count). The summed E-state index contributed by atoms with van der Waals surface area (Å²) >= 11 is 0.